The summed E-state index contributed by atoms with van der Waals surface area (Å²) in [7, 11) is 0. The van der Waals surface area contributed by atoms with Crippen LogP contribution in [0.25, 0.3) is 5.65 Å². The van der Waals surface area contributed by atoms with E-state index in [0.717, 1.165) is 6.29 Å². The highest BCUT2D eigenvalue weighted by Crippen LogP contribution is 2.12. The van der Waals surface area contributed by atoms with Gasteiger partial charge in [0.1, 0.15) is 24.3 Å². The Labute approximate surface area is 120 Å². The van der Waals surface area contributed by atoms with E-state index >= 15 is 0 Å². The molecule has 21 heavy (non-hydrogen) atoms. The van der Waals surface area contributed by atoms with Gasteiger partial charge in [-0.15, -0.1) is 0 Å². The van der Waals surface area contributed by atoms with Crippen LogP contribution in [0.3, 0.4) is 0 Å². The first kappa shape index (κ1) is 13.1. The van der Waals surface area contributed by atoms with E-state index in [-0.39, 0.29) is 12.2 Å². The van der Waals surface area contributed by atoms with Crippen molar-refractivity contribution in [2.24, 2.45) is 0 Å². The molecule has 0 saturated carbocycles. The van der Waals surface area contributed by atoms with Gasteiger partial charge < -0.3 is 4.74 Å². The van der Waals surface area contributed by atoms with Gasteiger partial charge in [0, 0.05) is 17.8 Å². The van der Waals surface area contributed by atoms with Gasteiger partial charge in [-0.05, 0) is 36.4 Å². The van der Waals surface area contributed by atoms with E-state index in [1.807, 2.05) is 6.07 Å². The van der Waals surface area contributed by atoms with Crippen LogP contribution in [0, 0.1) is 0 Å². The van der Waals surface area contributed by atoms with E-state index < -0.39 is 0 Å². The quantitative estimate of drug-likeness (QED) is 0.686. The molecule has 5 nitrogen and oxygen atoms in total. The second-order valence-electron chi connectivity index (χ2n) is 4.49. The summed E-state index contributed by atoms with van der Waals surface area (Å²) in [4.78, 5) is 26.9. The van der Waals surface area contributed by atoms with Gasteiger partial charge in [0.05, 0.1) is 5.69 Å². The van der Waals surface area contributed by atoms with Crippen molar-refractivity contribution in [2.75, 3.05) is 0 Å². The van der Waals surface area contributed by atoms with E-state index in [4.69, 9.17) is 4.74 Å². The van der Waals surface area contributed by atoms with Gasteiger partial charge in [-0.2, -0.15) is 0 Å². The highest BCUT2D eigenvalue weighted by molar-refractivity contribution is 5.74. The summed E-state index contributed by atoms with van der Waals surface area (Å²) in [6.45, 7) is 0.196. The second kappa shape index (κ2) is 5.58. The predicted octanol–water partition coefficient (Wildman–Crippen LogP) is 2.09. The third kappa shape index (κ3) is 2.81. The number of nitrogens with zero attached hydrogens (tertiary/aromatic N) is 2. The number of ether oxygens (including phenoxy) is 1. The first-order valence-corrected chi connectivity index (χ1v) is 6.41. The van der Waals surface area contributed by atoms with Crippen molar-refractivity contribution in [1.82, 2.24) is 9.38 Å². The summed E-state index contributed by atoms with van der Waals surface area (Å²) >= 11 is 0. The van der Waals surface area contributed by atoms with Crippen LogP contribution in [0.4, 0.5) is 0 Å². The summed E-state index contributed by atoms with van der Waals surface area (Å²) in [5.74, 6) is 0.621. The maximum Gasteiger partial charge on any atom is 0.258 e. The normalized spacial score (nSPS) is 10.5. The van der Waals surface area contributed by atoms with Gasteiger partial charge in [-0.1, -0.05) is 6.07 Å². The molecule has 0 fully saturated rings. The standard InChI is InChI=1S/C16H12N2O3/c19-10-12-4-6-14(7-5-12)21-11-13-9-16(20)18-8-2-1-3-15(18)17-13/h1-10H,11H2. The molecule has 5 heteroatoms. The molecule has 0 radical (unpaired) electrons. The Morgan fingerprint density at radius 1 is 1.14 bits per heavy atom. The number of aromatic nitrogens is 2. The maximum absolute atomic E-state index is 11.9. The number of carbonyl (C=O) groups is 1. The fourth-order valence-corrected chi connectivity index (χ4v) is 1.98. The minimum atomic E-state index is -0.143. The molecule has 0 aliphatic carbocycles. The SMILES string of the molecule is O=Cc1ccc(OCc2cc(=O)n3ccccc3n2)cc1. The third-order valence-electron chi connectivity index (χ3n) is 3.03. The molecule has 104 valence electrons. The molecular formula is C16H12N2O3. The van der Waals surface area contributed by atoms with Crippen molar-refractivity contribution in [3.63, 3.8) is 0 Å². The first-order valence-electron chi connectivity index (χ1n) is 6.41. The minimum absolute atomic E-state index is 0.143. The van der Waals surface area contributed by atoms with Gasteiger partial charge in [-0.25, -0.2) is 4.98 Å². The van der Waals surface area contributed by atoms with E-state index in [1.54, 1.807) is 42.6 Å². The number of pyridine rings is 1. The predicted molar refractivity (Wildman–Crippen MR) is 77.6 cm³/mol. The van der Waals surface area contributed by atoms with Crippen LogP contribution in [-0.2, 0) is 6.61 Å². The van der Waals surface area contributed by atoms with Crippen LogP contribution >= 0.6 is 0 Å². The van der Waals surface area contributed by atoms with Crippen LogP contribution in [-0.4, -0.2) is 15.7 Å². The van der Waals surface area contributed by atoms with Gasteiger partial charge in [0.25, 0.3) is 5.56 Å². The van der Waals surface area contributed by atoms with Crippen molar-refractivity contribution < 1.29 is 9.53 Å². The lowest BCUT2D eigenvalue weighted by atomic mass is 10.2. The summed E-state index contributed by atoms with van der Waals surface area (Å²) in [6.07, 6.45) is 2.45. The molecule has 0 atom stereocenters. The number of rotatable bonds is 4. The van der Waals surface area contributed by atoms with E-state index in [9.17, 15) is 9.59 Å². The summed E-state index contributed by atoms with van der Waals surface area (Å²) in [5.41, 5.74) is 1.59. The van der Waals surface area contributed by atoms with Crippen molar-refractivity contribution in [2.45, 2.75) is 6.61 Å². The molecule has 0 amide bonds. The number of hydrogen-bond acceptors (Lipinski definition) is 4. The zero-order valence-electron chi connectivity index (χ0n) is 11.1. The van der Waals surface area contributed by atoms with Crippen LogP contribution in [0.2, 0.25) is 0 Å². The minimum Gasteiger partial charge on any atom is -0.487 e. The average molecular weight is 280 g/mol. The summed E-state index contributed by atoms with van der Waals surface area (Å²) < 4.78 is 7.04. The van der Waals surface area contributed by atoms with Crippen LogP contribution in [0.5, 0.6) is 5.75 Å². The van der Waals surface area contributed by atoms with Gasteiger partial charge in [0.15, 0.2) is 0 Å². The average Bonchev–Trinajstić information content (AvgIpc) is 2.53. The van der Waals surface area contributed by atoms with Gasteiger partial charge >= 0.3 is 0 Å². The third-order valence-corrected chi connectivity index (χ3v) is 3.03. The molecule has 0 bridgehead atoms. The molecule has 0 aliphatic rings. The Hall–Kier alpha value is -2.95. The van der Waals surface area contributed by atoms with Crippen LogP contribution in [0.1, 0.15) is 16.1 Å². The number of benzene rings is 1. The van der Waals surface area contributed by atoms with E-state index in [0.29, 0.717) is 22.7 Å². The zero-order valence-corrected chi connectivity index (χ0v) is 11.1. The largest absolute Gasteiger partial charge is 0.487 e. The molecule has 0 N–H and O–H groups in total. The van der Waals surface area contributed by atoms with Crippen LogP contribution < -0.4 is 10.3 Å². The molecule has 1 aromatic carbocycles. The molecule has 0 spiro atoms. The highest BCUT2D eigenvalue weighted by Gasteiger charge is 2.03. The molecule has 3 aromatic rings. The van der Waals surface area contributed by atoms with Crippen molar-refractivity contribution in [3.8, 4) is 5.75 Å². The Kier molecular flexibility index (Phi) is 3.47. The molecule has 2 heterocycles. The number of fused-ring (bicyclic) bond motifs is 1. The van der Waals surface area contributed by atoms with Crippen molar-refractivity contribution in [3.05, 3.63) is 76.3 Å². The smallest absolute Gasteiger partial charge is 0.258 e. The Bertz CT molecular complexity index is 838. The monoisotopic (exact) mass is 280 g/mol. The lowest BCUT2D eigenvalue weighted by molar-refractivity contribution is 0.112. The topological polar surface area (TPSA) is 60.7 Å². The molecular weight excluding hydrogens is 268 g/mol. The van der Waals surface area contributed by atoms with Crippen molar-refractivity contribution in [1.29, 1.82) is 0 Å². The lowest BCUT2D eigenvalue weighted by Gasteiger charge is -2.07. The van der Waals surface area contributed by atoms with E-state index in [2.05, 4.69) is 4.98 Å². The molecule has 2 aromatic heterocycles. The summed E-state index contributed by atoms with van der Waals surface area (Å²) in [5, 5.41) is 0. The van der Waals surface area contributed by atoms with Crippen LogP contribution in [0.15, 0.2) is 59.5 Å². The van der Waals surface area contributed by atoms with Crippen molar-refractivity contribution >= 4 is 11.9 Å². The number of carbonyl (C=O) groups excluding carboxylic acids is 1. The first-order chi connectivity index (χ1) is 10.3. The Morgan fingerprint density at radius 2 is 1.95 bits per heavy atom. The lowest BCUT2D eigenvalue weighted by Crippen LogP contribution is -2.16. The van der Waals surface area contributed by atoms with Gasteiger partial charge in [0.2, 0.25) is 0 Å². The Morgan fingerprint density at radius 3 is 2.71 bits per heavy atom. The fourth-order valence-electron chi connectivity index (χ4n) is 1.98. The molecule has 3 rings (SSSR count). The van der Waals surface area contributed by atoms with E-state index in [1.165, 1.54) is 10.5 Å². The Balaban J connectivity index is 1.81. The highest BCUT2D eigenvalue weighted by atomic mass is 16.5. The summed E-state index contributed by atoms with van der Waals surface area (Å²) in [6, 6.07) is 13.6. The number of hydrogen-bond donors (Lipinski definition) is 0. The zero-order chi connectivity index (χ0) is 14.7. The maximum atomic E-state index is 11.9. The second-order valence-corrected chi connectivity index (χ2v) is 4.49. The fraction of sp³-hybridized carbons (Fsp3) is 0.0625. The molecule has 0 aliphatic heterocycles. The molecule has 0 unspecified atom stereocenters. The molecule has 0 saturated heterocycles. The van der Waals surface area contributed by atoms with Gasteiger partial charge in [-0.3, -0.25) is 14.0 Å². The number of aldehydes is 1.